The van der Waals surface area contributed by atoms with Crippen molar-refractivity contribution in [3.05, 3.63) is 18.5 Å². The Kier molecular flexibility index (Phi) is 3.49. The third-order valence-electron chi connectivity index (χ3n) is 3.26. The fourth-order valence-corrected chi connectivity index (χ4v) is 1.94. The molecule has 0 aliphatic heterocycles. The molecule has 1 N–H and O–H groups in total. The molecule has 2 aromatic heterocycles. The molecule has 3 rings (SSSR count). The van der Waals surface area contributed by atoms with Crippen LogP contribution in [0.2, 0.25) is 0 Å². The molecule has 1 fully saturated rings. The molecule has 0 unspecified atom stereocenters. The van der Waals surface area contributed by atoms with E-state index < -0.39 is 0 Å². The Morgan fingerprint density at radius 1 is 1.35 bits per heavy atom. The van der Waals surface area contributed by atoms with Crippen molar-refractivity contribution in [2.75, 3.05) is 23.8 Å². The standard InChI is InChI=1S/C13H19N7/c1-3-7-14-11-16-12(19(2)10-5-6-10)18-13(17-11)20-9-4-8-15-20/h4,8-10H,3,5-7H2,1-2H3,(H,14,16,17,18). The molecule has 1 saturated carbocycles. The van der Waals surface area contributed by atoms with E-state index in [2.05, 4.69) is 37.2 Å². The quantitative estimate of drug-likeness (QED) is 0.859. The van der Waals surface area contributed by atoms with Crippen LogP contribution in [0.3, 0.4) is 0 Å². The van der Waals surface area contributed by atoms with Crippen molar-refractivity contribution in [1.82, 2.24) is 24.7 Å². The zero-order valence-corrected chi connectivity index (χ0v) is 11.8. The molecule has 0 atom stereocenters. The molecular formula is C13H19N7. The van der Waals surface area contributed by atoms with Gasteiger partial charge in [-0.15, -0.1) is 0 Å². The smallest absolute Gasteiger partial charge is 0.257 e. The maximum atomic E-state index is 4.51. The van der Waals surface area contributed by atoms with Gasteiger partial charge in [0.15, 0.2) is 0 Å². The lowest BCUT2D eigenvalue weighted by molar-refractivity contribution is 0.771. The lowest BCUT2D eigenvalue weighted by Gasteiger charge is -2.17. The molecular weight excluding hydrogens is 254 g/mol. The second kappa shape index (κ2) is 5.44. The third kappa shape index (κ3) is 2.71. The van der Waals surface area contributed by atoms with Gasteiger partial charge in [-0.1, -0.05) is 6.92 Å². The zero-order chi connectivity index (χ0) is 13.9. The lowest BCUT2D eigenvalue weighted by Crippen LogP contribution is -2.24. The molecule has 1 aliphatic carbocycles. The van der Waals surface area contributed by atoms with E-state index in [1.165, 1.54) is 12.8 Å². The van der Waals surface area contributed by atoms with Crippen LogP contribution in [-0.4, -0.2) is 44.4 Å². The minimum atomic E-state index is 0.547. The molecule has 0 spiro atoms. The van der Waals surface area contributed by atoms with Crippen LogP contribution in [0, 0.1) is 0 Å². The van der Waals surface area contributed by atoms with Crippen molar-refractivity contribution < 1.29 is 0 Å². The number of hydrogen-bond donors (Lipinski definition) is 1. The van der Waals surface area contributed by atoms with Gasteiger partial charge in [0.25, 0.3) is 5.95 Å². The summed E-state index contributed by atoms with van der Waals surface area (Å²) in [6, 6.07) is 2.41. The summed E-state index contributed by atoms with van der Waals surface area (Å²) in [5.74, 6) is 1.85. The van der Waals surface area contributed by atoms with E-state index in [9.17, 15) is 0 Å². The minimum Gasteiger partial charge on any atom is -0.354 e. The van der Waals surface area contributed by atoms with Gasteiger partial charge >= 0.3 is 0 Å². The van der Waals surface area contributed by atoms with Gasteiger partial charge in [0.2, 0.25) is 11.9 Å². The van der Waals surface area contributed by atoms with Crippen LogP contribution in [0.4, 0.5) is 11.9 Å². The van der Waals surface area contributed by atoms with Crippen LogP contribution in [0.25, 0.3) is 5.95 Å². The highest BCUT2D eigenvalue weighted by Gasteiger charge is 2.28. The number of anilines is 2. The highest BCUT2D eigenvalue weighted by Crippen LogP contribution is 2.28. The average Bonchev–Trinajstić information content (AvgIpc) is 3.18. The third-order valence-corrected chi connectivity index (χ3v) is 3.26. The number of hydrogen-bond acceptors (Lipinski definition) is 6. The summed E-state index contributed by atoms with van der Waals surface area (Å²) in [6.45, 7) is 2.95. The first-order valence-electron chi connectivity index (χ1n) is 7.00. The molecule has 7 heteroatoms. The fraction of sp³-hybridized carbons (Fsp3) is 0.538. The van der Waals surface area contributed by atoms with Gasteiger partial charge in [-0.25, -0.2) is 4.68 Å². The van der Waals surface area contributed by atoms with Gasteiger partial charge in [-0.05, 0) is 25.3 Å². The van der Waals surface area contributed by atoms with E-state index in [0.29, 0.717) is 23.9 Å². The molecule has 0 amide bonds. The van der Waals surface area contributed by atoms with Gasteiger partial charge in [0.05, 0.1) is 0 Å². The van der Waals surface area contributed by atoms with Crippen molar-refractivity contribution in [3.63, 3.8) is 0 Å². The predicted molar refractivity (Wildman–Crippen MR) is 77.2 cm³/mol. The first-order chi connectivity index (χ1) is 9.78. The molecule has 20 heavy (non-hydrogen) atoms. The topological polar surface area (TPSA) is 71.8 Å². The largest absolute Gasteiger partial charge is 0.354 e. The summed E-state index contributed by atoms with van der Waals surface area (Å²) in [4.78, 5) is 15.5. The Morgan fingerprint density at radius 2 is 2.20 bits per heavy atom. The first kappa shape index (κ1) is 12.8. The second-order valence-electron chi connectivity index (χ2n) is 4.98. The maximum Gasteiger partial charge on any atom is 0.257 e. The minimum absolute atomic E-state index is 0.547. The molecule has 0 saturated heterocycles. The summed E-state index contributed by atoms with van der Waals surface area (Å²) in [5.41, 5.74) is 0. The molecule has 2 heterocycles. The van der Waals surface area contributed by atoms with Crippen LogP contribution in [0.5, 0.6) is 0 Å². The van der Waals surface area contributed by atoms with Crippen molar-refractivity contribution in [2.45, 2.75) is 32.2 Å². The molecule has 7 nitrogen and oxygen atoms in total. The van der Waals surface area contributed by atoms with Gasteiger partial charge < -0.3 is 10.2 Å². The van der Waals surface area contributed by atoms with Gasteiger partial charge in [0, 0.05) is 32.0 Å². The molecule has 106 valence electrons. The average molecular weight is 273 g/mol. The van der Waals surface area contributed by atoms with Crippen molar-refractivity contribution in [2.24, 2.45) is 0 Å². The van der Waals surface area contributed by atoms with Gasteiger partial charge in [-0.2, -0.15) is 20.1 Å². The number of rotatable bonds is 6. The predicted octanol–water partition coefficient (Wildman–Crippen LogP) is 1.48. The van der Waals surface area contributed by atoms with E-state index in [1.54, 1.807) is 10.9 Å². The fourth-order valence-electron chi connectivity index (χ4n) is 1.94. The maximum absolute atomic E-state index is 4.51. The van der Waals surface area contributed by atoms with Crippen molar-refractivity contribution in [3.8, 4) is 5.95 Å². The van der Waals surface area contributed by atoms with E-state index in [-0.39, 0.29) is 0 Å². The summed E-state index contributed by atoms with van der Waals surface area (Å²) in [5, 5.41) is 7.41. The summed E-state index contributed by atoms with van der Waals surface area (Å²) in [6.07, 6.45) is 6.98. The van der Waals surface area contributed by atoms with Crippen LogP contribution < -0.4 is 10.2 Å². The zero-order valence-electron chi connectivity index (χ0n) is 11.8. The van der Waals surface area contributed by atoms with E-state index in [1.807, 2.05) is 19.3 Å². The SMILES string of the molecule is CCCNc1nc(N(C)C2CC2)nc(-n2cccn2)n1. The Labute approximate surface area is 118 Å². The number of aromatic nitrogens is 5. The Balaban J connectivity index is 1.94. The van der Waals surface area contributed by atoms with Crippen LogP contribution in [0.1, 0.15) is 26.2 Å². The van der Waals surface area contributed by atoms with E-state index >= 15 is 0 Å². The van der Waals surface area contributed by atoms with E-state index in [4.69, 9.17) is 0 Å². The second-order valence-corrected chi connectivity index (χ2v) is 4.98. The highest BCUT2D eigenvalue weighted by molar-refractivity contribution is 5.41. The molecule has 2 aromatic rings. The molecule has 0 radical (unpaired) electrons. The first-order valence-corrected chi connectivity index (χ1v) is 7.00. The van der Waals surface area contributed by atoms with Crippen LogP contribution in [-0.2, 0) is 0 Å². The summed E-state index contributed by atoms with van der Waals surface area (Å²) >= 11 is 0. The Bertz CT molecular complexity index is 562. The van der Waals surface area contributed by atoms with Crippen molar-refractivity contribution >= 4 is 11.9 Å². The van der Waals surface area contributed by atoms with Crippen LogP contribution in [0.15, 0.2) is 18.5 Å². The molecule has 0 bridgehead atoms. The van der Waals surface area contributed by atoms with Crippen LogP contribution >= 0.6 is 0 Å². The summed E-state index contributed by atoms with van der Waals surface area (Å²) < 4.78 is 1.66. The molecule has 1 aliphatic rings. The van der Waals surface area contributed by atoms with Gasteiger partial charge in [-0.3, -0.25) is 0 Å². The Morgan fingerprint density at radius 3 is 2.85 bits per heavy atom. The normalized spacial score (nSPS) is 14.3. The van der Waals surface area contributed by atoms with Crippen molar-refractivity contribution in [1.29, 1.82) is 0 Å². The lowest BCUT2D eigenvalue weighted by atomic mass is 10.5. The van der Waals surface area contributed by atoms with E-state index in [0.717, 1.165) is 13.0 Å². The number of nitrogens with zero attached hydrogens (tertiary/aromatic N) is 6. The van der Waals surface area contributed by atoms with Gasteiger partial charge in [0.1, 0.15) is 0 Å². The highest BCUT2D eigenvalue weighted by atomic mass is 15.4. The monoisotopic (exact) mass is 273 g/mol. The summed E-state index contributed by atoms with van der Waals surface area (Å²) in [7, 11) is 2.03. The number of nitrogens with one attached hydrogen (secondary N) is 1. The molecule has 0 aromatic carbocycles. The Hall–Kier alpha value is -2.18.